The van der Waals surface area contributed by atoms with Crippen LogP contribution in [0.1, 0.15) is 42.5 Å². The van der Waals surface area contributed by atoms with Gasteiger partial charge in [-0.25, -0.2) is 0 Å². The maximum Gasteiger partial charge on any atom is 0.150 e. The molecule has 1 aromatic rings. The van der Waals surface area contributed by atoms with Gasteiger partial charge in [0, 0.05) is 16.2 Å². The van der Waals surface area contributed by atoms with Gasteiger partial charge in [0.25, 0.3) is 0 Å². The molecule has 0 N–H and O–H groups in total. The van der Waals surface area contributed by atoms with Gasteiger partial charge in [-0.05, 0) is 30.9 Å². The van der Waals surface area contributed by atoms with E-state index in [0.717, 1.165) is 17.8 Å². The molecule has 1 aliphatic rings. The average molecular weight is 234 g/mol. The van der Waals surface area contributed by atoms with Gasteiger partial charge in [0.05, 0.1) is 0 Å². The van der Waals surface area contributed by atoms with E-state index < -0.39 is 0 Å². The fourth-order valence-electron chi connectivity index (χ4n) is 2.25. The van der Waals surface area contributed by atoms with E-state index in [1.165, 1.54) is 42.8 Å². The van der Waals surface area contributed by atoms with Crippen LogP contribution in [0.25, 0.3) is 0 Å². The van der Waals surface area contributed by atoms with Gasteiger partial charge in [0.15, 0.2) is 0 Å². The second kappa shape index (κ2) is 6.09. The highest BCUT2D eigenvalue weighted by molar-refractivity contribution is 7.99. The number of carbonyl (C=O) groups excluding carboxylic acids is 1. The Kier molecular flexibility index (Phi) is 4.46. The molecule has 1 fully saturated rings. The van der Waals surface area contributed by atoms with Gasteiger partial charge in [-0.1, -0.05) is 31.4 Å². The lowest BCUT2D eigenvalue weighted by Crippen LogP contribution is -2.08. The maximum absolute atomic E-state index is 10.7. The molecule has 0 heterocycles. The molecular formula is C14H18OS. The molecule has 0 spiro atoms. The quantitative estimate of drug-likeness (QED) is 0.574. The lowest BCUT2D eigenvalue weighted by Gasteiger charge is -2.20. The van der Waals surface area contributed by atoms with Crippen molar-refractivity contribution in [2.24, 2.45) is 5.92 Å². The minimum absolute atomic E-state index is 0.786. The van der Waals surface area contributed by atoms with Crippen LogP contribution < -0.4 is 0 Å². The van der Waals surface area contributed by atoms with Crippen molar-refractivity contribution in [3.05, 3.63) is 29.8 Å². The molecule has 0 unspecified atom stereocenters. The van der Waals surface area contributed by atoms with Crippen LogP contribution >= 0.6 is 11.8 Å². The van der Waals surface area contributed by atoms with Gasteiger partial charge in [0.1, 0.15) is 6.29 Å². The highest BCUT2D eigenvalue weighted by Crippen LogP contribution is 2.29. The standard InChI is InChI=1S/C14H18OS/c15-10-13-7-4-8-14(9-13)16-11-12-5-2-1-3-6-12/h4,7-10,12H,1-3,5-6,11H2. The van der Waals surface area contributed by atoms with Gasteiger partial charge >= 0.3 is 0 Å². The molecule has 16 heavy (non-hydrogen) atoms. The summed E-state index contributed by atoms with van der Waals surface area (Å²) in [5.41, 5.74) is 0.786. The predicted octanol–water partition coefficient (Wildman–Crippen LogP) is 4.17. The minimum Gasteiger partial charge on any atom is -0.298 e. The highest BCUT2D eigenvalue weighted by atomic mass is 32.2. The first-order valence-corrected chi connectivity index (χ1v) is 7.05. The third-order valence-corrected chi connectivity index (χ3v) is 4.43. The summed E-state index contributed by atoms with van der Waals surface area (Å²) in [4.78, 5) is 11.9. The fraction of sp³-hybridized carbons (Fsp3) is 0.500. The molecule has 2 rings (SSSR count). The Bertz CT molecular complexity index is 342. The predicted molar refractivity (Wildman–Crippen MR) is 69.1 cm³/mol. The normalized spacial score (nSPS) is 17.2. The van der Waals surface area contributed by atoms with Crippen LogP contribution in [0.15, 0.2) is 29.2 Å². The van der Waals surface area contributed by atoms with Crippen LogP contribution in [0.2, 0.25) is 0 Å². The minimum atomic E-state index is 0.786. The first-order valence-electron chi connectivity index (χ1n) is 6.06. The van der Waals surface area contributed by atoms with Crippen LogP contribution in [0.4, 0.5) is 0 Å². The van der Waals surface area contributed by atoms with Gasteiger partial charge in [-0.15, -0.1) is 11.8 Å². The van der Waals surface area contributed by atoms with E-state index in [1.807, 2.05) is 30.0 Å². The van der Waals surface area contributed by atoms with Crippen LogP contribution in [0.3, 0.4) is 0 Å². The third kappa shape index (κ3) is 3.38. The van der Waals surface area contributed by atoms with Crippen molar-refractivity contribution >= 4 is 18.0 Å². The molecule has 1 nitrogen and oxygen atoms in total. The second-order valence-corrected chi connectivity index (χ2v) is 5.60. The van der Waals surface area contributed by atoms with E-state index in [1.54, 1.807) is 0 Å². The average Bonchev–Trinajstić information content (AvgIpc) is 2.38. The number of carbonyl (C=O) groups is 1. The summed E-state index contributed by atoms with van der Waals surface area (Å²) in [6.07, 6.45) is 7.92. The van der Waals surface area contributed by atoms with Gasteiger partial charge in [-0.3, -0.25) is 4.79 Å². The second-order valence-electron chi connectivity index (χ2n) is 4.51. The Balaban J connectivity index is 1.85. The number of thioether (sulfide) groups is 1. The molecule has 0 radical (unpaired) electrons. The zero-order valence-corrected chi connectivity index (χ0v) is 10.3. The SMILES string of the molecule is O=Cc1cccc(SCC2CCCCC2)c1. The van der Waals surface area contributed by atoms with Crippen LogP contribution in [-0.2, 0) is 0 Å². The first kappa shape index (κ1) is 11.7. The van der Waals surface area contributed by atoms with Crippen molar-refractivity contribution in [2.45, 2.75) is 37.0 Å². The molecule has 0 bridgehead atoms. The molecule has 1 saturated carbocycles. The van der Waals surface area contributed by atoms with Crippen molar-refractivity contribution < 1.29 is 4.79 Å². The van der Waals surface area contributed by atoms with Crippen molar-refractivity contribution in [2.75, 3.05) is 5.75 Å². The molecule has 2 heteroatoms. The number of rotatable bonds is 4. The zero-order valence-electron chi connectivity index (χ0n) is 9.52. The zero-order chi connectivity index (χ0) is 11.2. The summed E-state index contributed by atoms with van der Waals surface area (Å²) < 4.78 is 0. The monoisotopic (exact) mass is 234 g/mol. The van der Waals surface area contributed by atoms with Crippen LogP contribution in [-0.4, -0.2) is 12.0 Å². The summed E-state index contributed by atoms with van der Waals surface area (Å²) in [6, 6.07) is 7.91. The van der Waals surface area contributed by atoms with E-state index in [9.17, 15) is 4.79 Å². The van der Waals surface area contributed by atoms with Crippen molar-refractivity contribution in [3.8, 4) is 0 Å². The van der Waals surface area contributed by atoms with E-state index in [4.69, 9.17) is 0 Å². The molecule has 1 aliphatic carbocycles. The van der Waals surface area contributed by atoms with E-state index in [-0.39, 0.29) is 0 Å². The summed E-state index contributed by atoms with van der Waals surface area (Å²) >= 11 is 1.90. The smallest absolute Gasteiger partial charge is 0.150 e. The fourth-order valence-corrected chi connectivity index (χ4v) is 3.40. The van der Waals surface area contributed by atoms with Gasteiger partial charge < -0.3 is 0 Å². The summed E-state index contributed by atoms with van der Waals surface area (Å²) in [6.45, 7) is 0. The van der Waals surface area contributed by atoms with E-state index >= 15 is 0 Å². The maximum atomic E-state index is 10.7. The van der Waals surface area contributed by atoms with Gasteiger partial charge in [0.2, 0.25) is 0 Å². The van der Waals surface area contributed by atoms with Crippen molar-refractivity contribution in [1.82, 2.24) is 0 Å². The number of hydrogen-bond acceptors (Lipinski definition) is 2. The van der Waals surface area contributed by atoms with Gasteiger partial charge in [-0.2, -0.15) is 0 Å². The molecule has 86 valence electrons. The van der Waals surface area contributed by atoms with Crippen LogP contribution in [0, 0.1) is 5.92 Å². The Morgan fingerprint density at radius 2 is 2.06 bits per heavy atom. The lowest BCUT2D eigenvalue weighted by atomic mass is 9.91. The Hall–Kier alpha value is -0.760. The molecule has 0 amide bonds. The van der Waals surface area contributed by atoms with Crippen molar-refractivity contribution in [1.29, 1.82) is 0 Å². The largest absolute Gasteiger partial charge is 0.298 e. The molecule has 0 saturated heterocycles. The number of aldehydes is 1. The van der Waals surface area contributed by atoms with E-state index in [0.29, 0.717) is 0 Å². The molecular weight excluding hydrogens is 216 g/mol. The first-order chi connectivity index (χ1) is 7.88. The Labute approximate surface area is 102 Å². The Morgan fingerprint density at radius 3 is 2.81 bits per heavy atom. The molecule has 1 aromatic carbocycles. The molecule has 0 aliphatic heterocycles. The summed E-state index contributed by atoms with van der Waals surface area (Å²) in [7, 11) is 0. The van der Waals surface area contributed by atoms with Crippen LogP contribution in [0.5, 0.6) is 0 Å². The number of benzene rings is 1. The highest BCUT2D eigenvalue weighted by Gasteiger charge is 2.13. The summed E-state index contributed by atoms with van der Waals surface area (Å²) in [5, 5.41) is 0. The topological polar surface area (TPSA) is 17.1 Å². The Morgan fingerprint density at radius 1 is 1.25 bits per heavy atom. The third-order valence-electron chi connectivity index (χ3n) is 3.20. The van der Waals surface area contributed by atoms with Crippen molar-refractivity contribution in [3.63, 3.8) is 0 Å². The molecule has 0 atom stereocenters. The van der Waals surface area contributed by atoms with E-state index in [2.05, 4.69) is 6.07 Å². The summed E-state index contributed by atoms with van der Waals surface area (Å²) in [5.74, 6) is 2.10. The number of hydrogen-bond donors (Lipinski definition) is 0. The molecule has 0 aromatic heterocycles. The lowest BCUT2D eigenvalue weighted by molar-refractivity contribution is 0.112.